The number of ether oxygens (including phenoxy) is 2. The summed E-state index contributed by atoms with van der Waals surface area (Å²) in [6.07, 6.45) is -4.54. The summed E-state index contributed by atoms with van der Waals surface area (Å²) in [5.74, 6) is -2.73. The van der Waals surface area contributed by atoms with E-state index in [4.69, 9.17) is 4.74 Å². The minimum atomic E-state index is -5.02. The van der Waals surface area contributed by atoms with Crippen LogP contribution in [-0.4, -0.2) is 31.3 Å². The third kappa shape index (κ3) is 4.64. The van der Waals surface area contributed by atoms with Crippen LogP contribution in [0.15, 0.2) is 18.2 Å². The van der Waals surface area contributed by atoms with Gasteiger partial charge in [0, 0.05) is 5.69 Å². The molecule has 0 saturated heterocycles. The normalized spacial score (nSPS) is 12.5. The number of amides is 1. The fraction of sp³-hybridized carbons (Fsp3) is 0.429. The quantitative estimate of drug-likeness (QED) is 0.847. The maximum Gasteiger partial charge on any atom is 0.471 e. The van der Waals surface area contributed by atoms with Crippen LogP contribution in [-0.2, 0) is 9.53 Å². The molecule has 8 heteroatoms. The predicted molar refractivity (Wildman–Crippen MR) is 72.8 cm³/mol. The first-order valence-electron chi connectivity index (χ1n) is 6.46. The molecule has 0 spiro atoms. The molecule has 5 nitrogen and oxygen atoms in total. The smallest absolute Gasteiger partial charge is 0.471 e. The van der Waals surface area contributed by atoms with E-state index in [-0.39, 0.29) is 23.1 Å². The van der Waals surface area contributed by atoms with Gasteiger partial charge >= 0.3 is 18.1 Å². The Kier molecular flexibility index (Phi) is 5.78. The van der Waals surface area contributed by atoms with Crippen molar-refractivity contribution in [2.24, 2.45) is 0 Å². The van der Waals surface area contributed by atoms with E-state index in [1.807, 2.05) is 6.92 Å². The number of hydrogen-bond donors (Lipinski definition) is 1. The molecule has 1 rings (SSSR count). The topological polar surface area (TPSA) is 64.6 Å². The number of rotatable bonds is 5. The average molecular weight is 319 g/mol. The molecule has 1 aromatic carbocycles. The van der Waals surface area contributed by atoms with Crippen LogP contribution < -0.4 is 10.1 Å². The SMILES string of the molecule is CC[C@@H](C)Oc1ccc(NC(=O)C(F)(F)F)cc1C(=O)OC. The van der Waals surface area contributed by atoms with Gasteiger partial charge in [-0.1, -0.05) is 6.92 Å². The monoisotopic (exact) mass is 319 g/mol. The number of nitrogens with one attached hydrogen (secondary N) is 1. The predicted octanol–water partition coefficient (Wildman–Crippen LogP) is 3.15. The highest BCUT2D eigenvalue weighted by atomic mass is 19.4. The Labute approximate surface area is 125 Å². The molecule has 122 valence electrons. The summed E-state index contributed by atoms with van der Waals surface area (Å²) >= 11 is 0. The number of anilines is 1. The highest BCUT2D eigenvalue weighted by Crippen LogP contribution is 2.26. The van der Waals surface area contributed by atoms with Crippen molar-refractivity contribution in [2.75, 3.05) is 12.4 Å². The Morgan fingerprint density at radius 1 is 1.32 bits per heavy atom. The first-order chi connectivity index (χ1) is 10.2. The Hall–Kier alpha value is -2.25. The number of alkyl halides is 3. The van der Waals surface area contributed by atoms with Crippen LogP contribution in [0.4, 0.5) is 18.9 Å². The van der Waals surface area contributed by atoms with Crippen molar-refractivity contribution in [3.63, 3.8) is 0 Å². The molecule has 0 unspecified atom stereocenters. The van der Waals surface area contributed by atoms with Gasteiger partial charge in [0.1, 0.15) is 11.3 Å². The summed E-state index contributed by atoms with van der Waals surface area (Å²) in [6, 6.07) is 3.60. The van der Waals surface area contributed by atoms with E-state index in [2.05, 4.69) is 4.74 Å². The highest BCUT2D eigenvalue weighted by molar-refractivity contribution is 5.98. The fourth-order valence-electron chi connectivity index (χ4n) is 1.48. The Balaban J connectivity index is 3.09. The van der Waals surface area contributed by atoms with Crippen LogP contribution in [0.25, 0.3) is 0 Å². The van der Waals surface area contributed by atoms with E-state index in [0.717, 1.165) is 13.2 Å². The standard InChI is InChI=1S/C14H16F3NO4/c1-4-8(2)22-11-6-5-9(7-10(11)12(19)21-3)18-13(20)14(15,16)17/h5-8H,4H2,1-3H3,(H,18,20)/t8-/m1/s1. The number of carbonyl (C=O) groups is 2. The van der Waals surface area contributed by atoms with Gasteiger partial charge in [-0.25, -0.2) is 4.79 Å². The van der Waals surface area contributed by atoms with Gasteiger partial charge in [-0.15, -0.1) is 0 Å². The van der Waals surface area contributed by atoms with Gasteiger partial charge in [-0.3, -0.25) is 4.79 Å². The maximum absolute atomic E-state index is 12.2. The Morgan fingerprint density at radius 2 is 1.95 bits per heavy atom. The Morgan fingerprint density at radius 3 is 2.45 bits per heavy atom. The van der Waals surface area contributed by atoms with Crippen LogP contribution >= 0.6 is 0 Å². The minimum Gasteiger partial charge on any atom is -0.490 e. The van der Waals surface area contributed by atoms with Crippen molar-refractivity contribution in [3.05, 3.63) is 23.8 Å². The first kappa shape index (κ1) is 17.8. The molecule has 1 atom stereocenters. The molecule has 0 aliphatic carbocycles. The molecule has 0 fully saturated rings. The molecule has 0 aliphatic heterocycles. The number of esters is 1. The lowest BCUT2D eigenvalue weighted by molar-refractivity contribution is -0.167. The zero-order valence-corrected chi connectivity index (χ0v) is 12.3. The lowest BCUT2D eigenvalue weighted by atomic mass is 10.1. The summed E-state index contributed by atoms with van der Waals surface area (Å²) in [6.45, 7) is 3.65. The number of carbonyl (C=O) groups excluding carboxylic acids is 2. The van der Waals surface area contributed by atoms with Gasteiger partial charge in [0.2, 0.25) is 0 Å². The third-order valence-corrected chi connectivity index (χ3v) is 2.80. The second kappa shape index (κ2) is 7.15. The summed E-state index contributed by atoms with van der Waals surface area (Å²) in [4.78, 5) is 22.6. The lowest BCUT2D eigenvalue weighted by Crippen LogP contribution is -2.30. The van der Waals surface area contributed by atoms with Crippen LogP contribution in [0.1, 0.15) is 30.6 Å². The summed E-state index contributed by atoms with van der Waals surface area (Å²) in [7, 11) is 1.14. The van der Waals surface area contributed by atoms with E-state index in [0.29, 0.717) is 6.42 Å². The third-order valence-electron chi connectivity index (χ3n) is 2.80. The van der Waals surface area contributed by atoms with Gasteiger partial charge in [0.15, 0.2) is 0 Å². The second-order valence-electron chi connectivity index (χ2n) is 4.49. The number of benzene rings is 1. The van der Waals surface area contributed by atoms with Crippen molar-refractivity contribution in [3.8, 4) is 5.75 Å². The number of halogens is 3. The van der Waals surface area contributed by atoms with Gasteiger partial charge in [0.25, 0.3) is 0 Å². The molecular formula is C14H16F3NO4. The van der Waals surface area contributed by atoms with Crippen molar-refractivity contribution in [2.45, 2.75) is 32.5 Å². The molecule has 0 bridgehead atoms. The molecule has 0 saturated carbocycles. The first-order valence-corrected chi connectivity index (χ1v) is 6.46. The van der Waals surface area contributed by atoms with Crippen LogP contribution in [0.2, 0.25) is 0 Å². The molecule has 1 amide bonds. The molecule has 0 aromatic heterocycles. The summed E-state index contributed by atoms with van der Waals surface area (Å²) < 4.78 is 46.8. The van der Waals surface area contributed by atoms with Crippen LogP contribution in [0, 0.1) is 0 Å². The molecular weight excluding hydrogens is 303 g/mol. The molecule has 1 N–H and O–H groups in total. The highest BCUT2D eigenvalue weighted by Gasteiger charge is 2.38. The average Bonchev–Trinajstić information content (AvgIpc) is 2.46. The molecule has 1 aromatic rings. The second-order valence-corrected chi connectivity index (χ2v) is 4.49. The largest absolute Gasteiger partial charge is 0.490 e. The number of hydrogen-bond acceptors (Lipinski definition) is 4. The van der Waals surface area contributed by atoms with Gasteiger partial charge in [-0.05, 0) is 31.5 Å². The summed E-state index contributed by atoms with van der Waals surface area (Å²) in [5, 5.41) is 1.67. The fourth-order valence-corrected chi connectivity index (χ4v) is 1.48. The van der Waals surface area contributed by atoms with E-state index in [1.54, 1.807) is 12.2 Å². The van der Waals surface area contributed by atoms with Crippen LogP contribution in [0.3, 0.4) is 0 Å². The van der Waals surface area contributed by atoms with E-state index in [9.17, 15) is 22.8 Å². The number of methoxy groups -OCH3 is 1. The van der Waals surface area contributed by atoms with E-state index >= 15 is 0 Å². The molecule has 0 radical (unpaired) electrons. The lowest BCUT2D eigenvalue weighted by Gasteiger charge is -2.16. The minimum absolute atomic E-state index is 0.0669. The molecule has 0 heterocycles. The van der Waals surface area contributed by atoms with Crippen molar-refractivity contribution < 1.29 is 32.2 Å². The van der Waals surface area contributed by atoms with Crippen molar-refractivity contribution in [1.82, 2.24) is 0 Å². The van der Waals surface area contributed by atoms with Gasteiger partial charge in [0.05, 0.1) is 13.2 Å². The molecule has 0 aliphatic rings. The van der Waals surface area contributed by atoms with Crippen molar-refractivity contribution in [1.29, 1.82) is 0 Å². The van der Waals surface area contributed by atoms with E-state index in [1.165, 1.54) is 12.1 Å². The molecule has 22 heavy (non-hydrogen) atoms. The van der Waals surface area contributed by atoms with Gasteiger partial charge < -0.3 is 14.8 Å². The van der Waals surface area contributed by atoms with Crippen LogP contribution in [0.5, 0.6) is 5.75 Å². The zero-order valence-electron chi connectivity index (χ0n) is 12.3. The maximum atomic E-state index is 12.2. The Bertz CT molecular complexity index is 558. The zero-order chi connectivity index (χ0) is 16.9. The van der Waals surface area contributed by atoms with Gasteiger partial charge in [-0.2, -0.15) is 13.2 Å². The van der Waals surface area contributed by atoms with Crippen molar-refractivity contribution >= 4 is 17.6 Å². The van der Waals surface area contributed by atoms with E-state index < -0.39 is 18.1 Å². The summed E-state index contributed by atoms with van der Waals surface area (Å²) in [5.41, 5.74) is -0.248.